The van der Waals surface area contributed by atoms with Crippen LogP contribution in [0.5, 0.6) is 0 Å². The van der Waals surface area contributed by atoms with E-state index in [-0.39, 0.29) is 25.8 Å². The normalized spacial score (nSPS) is 29.3. The van der Waals surface area contributed by atoms with E-state index >= 15 is 0 Å². The van der Waals surface area contributed by atoms with Crippen molar-refractivity contribution in [2.45, 2.75) is 79.0 Å². The second-order valence-corrected chi connectivity index (χ2v) is 16.7. The molecule has 0 unspecified atom stereocenters. The van der Waals surface area contributed by atoms with Crippen LogP contribution in [0.2, 0.25) is 0 Å². The summed E-state index contributed by atoms with van der Waals surface area (Å²) in [6.45, 7) is 3.91. The minimum absolute atomic E-state index is 0.130. The first kappa shape index (κ1) is 34.8. The number of thioether (sulfide) groups is 1. The zero-order chi connectivity index (χ0) is 34.8. The van der Waals surface area contributed by atoms with Crippen LogP contribution >= 0.6 is 11.8 Å². The highest BCUT2D eigenvalue weighted by atomic mass is 32.2. The average molecular weight is 707 g/mol. The first-order valence-electron chi connectivity index (χ1n) is 16.7. The average Bonchev–Trinajstić information content (AvgIpc) is 4.02. The van der Waals surface area contributed by atoms with Gasteiger partial charge in [0.2, 0.25) is 21.8 Å². The lowest BCUT2D eigenvalue weighted by molar-refractivity contribution is -0.141. The molecule has 11 nitrogen and oxygen atoms in total. The summed E-state index contributed by atoms with van der Waals surface area (Å²) in [4.78, 5) is 55.4. The molecule has 2 aliphatic heterocycles. The molecule has 2 heterocycles. The van der Waals surface area contributed by atoms with Gasteiger partial charge in [0.1, 0.15) is 17.6 Å². The Kier molecular flexibility index (Phi) is 9.95. The third-order valence-electron chi connectivity index (χ3n) is 10.0. The zero-order valence-electron chi connectivity index (χ0n) is 27.2. The van der Waals surface area contributed by atoms with Gasteiger partial charge in [-0.25, -0.2) is 13.2 Å². The number of fused-ring (bicyclic) bond motifs is 2. The van der Waals surface area contributed by atoms with E-state index in [1.54, 1.807) is 11.8 Å². The highest BCUT2D eigenvalue weighted by Crippen LogP contribution is 2.50. The highest BCUT2D eigenvalue weighted by Gasteiger charge is 2.62. The molecule has 1 saturated heterocycles. The van der Waals surface area contributed by atoms with Gasteiger partial charge in [0.15, 0.2) is 0 Å². The fraction of sp³-hybridized carbons (Fsp3) is 0.444. The Balaban J connectivity index is 1.35. The Bertz CT molecular complexity index is 1750. The summed E-state index contributed by atoms with van der Waals surface area (Å²) >= 11 is 1.62. The van der Waals surface area contributed by atoms with Gasteiger partial charge in [0.05, 0.1) is 10.00 Å². The van der Waals surface area contributed by atoms with Crippen LogP contribution in [0.4, 0.5) is 4.79 Å². The Hall–Kier alpha value is -4.10. The van der Waals surface area contributed by atoms with E-state index in [4.69, 9.17) is 0 Å². The highest BCUT2D eigenvalue weighted by molar-refractivity contribution is 8.00. The van der Waals surface area contributed by atoms with Gasteiger partial charge >= 0.3 is 6.09 Å². The Morgan fingerprint density at radius 3 is 2.33 bits per heavy atom. The van der Waals surface area contributed by atoms with Gasteiger partial charge in [0.25, 0.3) is 5.91 Å². The van der Waals surface area contributed by atoms with Crippen LogP contribution in [-0.2, 0) is 29.2 Å². The van der Waals surface area contributed by atoms with Crippen LogP contribution < -0.4 is 15.4 Å². The molecule has 4 amide bonds. The van der Waals surface area contributed by atoms with Gasteiger partial charge < -0.3 is 20.6 Å². The van der Waals surface area contributed by atoms with Crippen LogP contribution in [0.3, 0.4) is 0 Å². The second kappa shape index (κ2) is 14.0. The molecule has 0 spiro atoms. The molecule has 2 aromatic rings. The molecule has 13 heteroatoms. The number of amides is 4. The Morgan fingerprint density at radius 1 is 0.959 bits per heavy atom. The van der Waals surface area contributed by atoms with Crippen LogP contribution in [0.15, 0.2) is 79.4 Å². The number of sulfonamides is 1. The quantitative estimate of drug-likeness (QED) is 0.281. The number of allylic oxidation sites excluding steroid dienone is 1. The van der Waals surface area contributed by atoms with Crippen LogP contribution in [0, 0.1) is 5.92 Å². The van der Waals surface area contributed by atoms with E-state index in [0.717, 1.165) is 29.5 Å². The van der Waals surface area contributed by atoms with Crippen molar-refractivity contribution in [3.8, 4) is 11.1 Å². The first-order valence-corrected chi connectivity index (χ1v) is 19.3. The fourth-order valence-electron chi connectivity index (χ4n) is 6.96. The van der Waals surface area contributed by atoms with Crippen LogP contribution in [-0.4, -0.2) is 77.4 Å². The summed E-state index contributed by atoms with van der Waals surface area (Å²) in [5.41, 5.74) is 1.45. The lowest BCUT2D eigenvalue weighted by Gasteiger charge is -2.31. The van der Waals surface area contributed by atoms with Crippen molar-refractivity contribution < 1.29 is 32.7 Å². The molecule has 2 saturated carbocycles. The predicted molar refractivity (Wildman–Crippen MR) is 188 cm³/mol. The van der Waals surface area contributed by atoms with Crippen molar-refractivity contribution in [1.29, 1.82) is 0 Å². The van der Waals surface area contributed by atoms with Gasteiger partial charge in [-0.2, -0.15) is 0 Å². The maximum Gasteiger partial charge on any atom is 0.405 e. The van der Waals surface area contributed by atoms with Crippen molar-refractivity contribution in [3.05, 3.63) is 85.0 Å². The number of benzene rings is 2. The van der Waals surface area contributed by atoms with Crippen molar-refractivity contribution in [1.82, 2.24) is 20.3 Å². The molecular formula is C36H42N4O7S2. The number of hydrogen-bond donors (Lipinski definition) is 4. The maximum absolute atomic E-state index is 14.4. The van der Waals surface area contributed by atoms with Crippen molar-refractivity contribution in [2.75, 3.05) is 12.3 Å². The fourth-order valence-corrected chi connectivity index (χ4v) is 9.69. The number of carboxylic acid groups (broad SMARTS) is 1. The third kappa shape index (κ3) is 7.42. The number of rotatable bonds is 9. The molecule has 2 aliphatic carbocycles. The summed E-state index contributed by atoms with van der Waals surface area (Å²) in [5.74, 6) is -1.80. The molecule has 3 fully saturated rings. The summed E-state index contributed by atoms with van der Waals surface area (Å²) < 4.78 is 26.8. The predicted octanol–water partition coefficient (Wildman–Crippen LogP) is 4.32. The molecule has 2 aromatic carbocycles. The summed E-state index contributed by atoms with van der Waals surface area (Å²) in [7, 11) is -3.88. The van der Waals surface area contributed by atoms with Gasteiger partial charge in [-0.05, 0) is 61.6 Å². The summed E-state index contributed by atoms with van der Waals surface area (Å²) in [6, 6.07) is 15.9. The topological polar surface area (TPSA) is 162 Å². The molecule has 6 rings (SSSR count). The molecule has 4 aliphatic rings. The second-order valence-electron chi connectivity index (χ2n) is 13.4. The minimum atomic E-state index is -3.88. The number of carbonyl (C=O) groups is 4. The Morgan fingerprint density at radius 2 is 1.67 bits per heavy atom. The minimum Gasteiger partial charge on any atom is -0.465 e. The van der Waals surface area contributed by atoms with Gasteiger partial charge in [-0.1, -0.05) is 79.2 Å². The molecule has 0 radical (unpaired) electrons. The molecule has 2 bridgehead atoms. The summed E-state index contributed by atoms with van der Waals surface area (Å²) in [5, 5.41) is 14.2. The van der Waals surface area contributed by atoms with Gasteiger partial charge in [0, 0.05) is 18.2 Å². The molecule has 4 N–H and O–H groups in total. The van der Waals surface area contributed by atoms with Crippen LogP contribution in [0.25, 0.3) is 11.1 Å². The maximum atomic E-state index is 14.4. The molecule has 260 valence electrons. The lowest BCUT2D eigenvalue weighted by atomic mass is 9.93. The number of nitrogens with one attached hydrogen (secondary N) is 3. The monoisotopic (exact) mass is 706 g/mol. The van der Waals surface area contributed by atoms with Crippen LogP contribution in [0.1, 0.15) is 56.9 Å². The van der Waals surface area contributed by atoms with E-state index in [1.807, 2.05) is 54.6 Å². The molecule has 0 aromatic heterocycles. The molecular weight excluding hydrogens is 665 g/mol. The zero-order valence-corrected chi connectivity index (χ0v) is 28.8. The van der Waals surface area contributed by atoms with Gasteiger partial charge in [-0.15, -0.1) is 18.3 Å². The van der Waals surface area contributed by atoms with E-state index in [9.17, 15) is 32.7 Å². The number of carbonyl (C=O) groups excluding carboxylic acids is 3. The van der Waals surface area contributed by atoms with Crippen molar-refractivity contribution in [2.24, 2.45) is 5.92 Å². The van der Waals surface area contributed by atoms with E-state index in [0.29, 0.717) is 25.0 Å². The lowest BCUT2D eigenvalue weighted by Crippen LogP contribution is -2.58. The van der Waals surface area contributed by atoms with E-state index in [1.165, 1.54) is 11.0 Å². The smallest absolute Gasteiger partial charge is 0.405 e. The first-order chi connectivity index (χ1) is 23.5. The third-order valence-corrected chi connectivity index (χ3v) is 13.3. The van der Waals surface area contributed by atoms with Gasteiger partial charge in [-0.3, -0.25) is 19.1 Å². The molecule has 49 heavy (non-hydrogen) atoms. The number of nitrogens with zero attached hydrogens (tertiary/aromatic N) is 1. The summed E-state index contributed by atoms with van der Waals surface area (Å²) in [6.07, 6.45) is 8.12. The van der Waals surface area contributed by atoms with Crippen molar-refractivity contribution in [3.63, 3.8) is 0 Å². The van der Waals surface area contributed by atoms with Crippen molar-refractivity contribution >= 4 is 45.6 Å². The SMILES string of the molecule is C=C[C@@H]1C[C@]1(NC(=O)[C@@H]1C[C@@]2(c3ccc(-c4ccccc4)cc3)CN1C(=O)[C@@H](NC(=O)O)CCCC/C=C/CS2)C(=O)NS(=O)(=O)C1CC1. The molecule has 5 atom stereocenters. The Labute approximate surface area is 291 Å². The van der Waals surface area contributed by atoms with E-state index in [2.05, 4.69) is 34.1 Å². The number of hydrogen-bond acceptors (Lipinski definition) is 7. The van der Waals surface area contributed by atoms with E-state index < -0.39 is 67.4 Å². The standard InChI is InChI=1S/C36H42N4O7S2/c1-2-26-21-36(26,33(43)39-49(46,47)28-18-19-28)38-31(41)30-22-35(27-16-14-25(15-17-27)24-11-7-6-8-12-24)23-40(30)32(42)29(37-34(44)45)13-9-4-3-5-10-20-48-35/h2,5-8,10-12,14-17,26,28-30,37H,1,3-4,9,13,18-23H2,(H,38,41)(H,39,43)(H,44,45)/b10-5+/t26-,29+,30+,35+,36-/m1/s1. The largest absolute Gasteiger partial charge is 0.465 e.